The van der Waals surface area contributed by atoms with Gasteiger partial charge in [0.25, 0.3) is 0 Å². The Morgan fingerprint density at radius 2 is 1.31 bits per heavy atom. The Kier molecular flexibility index (Phi) is 17.8. The molecule has 1 aliphatic rings. The maximum atomic E-state index is 4.70. The molecule has 0 aromatic heterocycles. The largest absolute Gasteiger partial charge is 0.0998 e. The smallest absolute Gasteiger partial charge is 0.0155 e. The second-order valence-electron chi connectivity index (χ2n) is 21.6. The van der Waals surface area contributed by atoms with Gasteiger partial charge in [-0.05, 0) is 169 Å². The van der Waals surface area contributed by atoms with Crippen molar-refractivity contribution in [3.63, 3.8) is 0 Å². The third-order valence-corrected chi connectivity index (χ3v) is 13.5. The van der Waals surface area contributed by atoms with Crippen LogP contribution in [-0.2, 0) is 23.7 Å². The summed E-state index contributed by atoms with van der Waals surface area (Å²) in [4.78, 5) is 0. The standard InChI is InChI=1S/C58H88/c1-19-34-58(36-32-44(8)27-29-47-24-22-25-49(38-47)55(11,12)13,35-31-43(7)23-21-26-52(56(14,15)16)46(10)50(20-2)41(3)4)37-33-45(9)28-30-48-39-51(42(5)6)54-53(40-48)57(54,17)18/h20-22,24-26,38-42H,7-9,19,23,27-37H2,1-6,10-18H3/b26-21+,50-20-,52-46-. The molecule has 0 saturated heterocycles. The number of fused-ring (bicyclic) bond motifs is 1. The summed E-state index contributed by atoms with van der Waals surface area (Å²) in [5.41, 5.74) is 18.3. The second kappa shape index (κ2) is 20.9. The van der Waals surface area contributed by atoms with Gasteiger partial charge in [-0.1, -0.05) is 188 Å². The Bertz CT molecular complexity index is 1810. The summed E-state index contributed by atoms with van der Waals surface area (Å²) in [6.45, 7) is 48.9. The van der Waals surface area contributed by atoms with Crippen LogP contribution in [0.4, 0.5) is 0 Å². The van der Waals surface area contributed by atoms with E-state index >= 15 is 0 Å². The second-order valence-corrected chi connectivity index (χ2v) is 21.6. The fourth-order valence-corrected chi connectivity index (χ4v) is 9.58. The molecule has 2 aromatic rings. The molecule has 3 rings (SSSR count). The number of hydrogen-bond donors (Lipinski definition) is 0. The molecule has 0 bridgehead atoms. The van der Waals surface area contributed by atoms with Crippen LogP contribution in [0.25, 0.3) is 0 Å². The van der Waals surface area contributed by atoms with E-state index in [2.05, 4.69) is 172 Å². The minimum absolute atomic E-state index is 0.0801. The van der Waals surface area contributed by atoms with Crippen LogP contribution in [-0.4, -0.2) is 0 Å². The molecule has 1 atom stereocenters. The lowest BCUT2D eigenvalue weighted by atomic mass is 9.70. The molecule has 0 nitrogen and oxygen atoms in total. The topological polar surface area (TPSA) is 0 Å². The van der Waals surface area contributed by atoms with E-state index in [1.165, 1.54) is 82.2 Å². The fourth-order valence-electron chi connectivity index (χ4n) is 9.58. The van der Waals surface area contributed by atoms with Gasteiger partial charge in [0.05, 0.1) is 0 Å². The van der Waals surface area contributed by atoms with Crippen molar-refractivity contribution >= 4 is 0 Å². The molecular weight excluding hydrogens is 697 g/mol. The van der Waals surface area contributed by atoms with E-state index in [9.17, 15) is 0 Å². The van der Waals surface area contributed by atoms with Crippen LogP contribution in [0.2, 0.25) is 0 Å². The molecule has 0 N–H and O–H groups in total. The summed E-state index contributed by atoms with van der Waals surface area (Å²) in [7, 11) is 0. The molecule has 1 aliphatic carbocycles. The van der Waals surface area contributed by atoms with Crippen LogP contribution < -0.4 is 0 Å². The summed E-state index contributed by atoms with van der Waals surface area (Å²) < 4.78 is 0. The number of allylic oxidation sites excluding steroid dienone is 9. The molecule has 2 aromatic carbocycles. The lowest BCUT2D eigenvalue weighted by molar-refractivity contribution is 0.195. The van der Waals surface area contributed by atoms with Crippen molar-refractivity contribution in [2.75, 3.05) is 0 Å². The van der Waals surface area contributed by atoms with Crippen LogP contribution in [0, 0.1) is 16.7 Å². The van der Waals surface area contributed by atoms with E-state index in [0.717, 1.165) is 51.4 Å². The zero-order valence-electron chi connectivity index (χ0n) is 40.7. The van der Waals surface area contributed by atoms with Gasteiger partial charge in [0.2, 0.25) is 0 Å². The molecule has 0 spiro atoms. The Hall–Kier alpha value is -3.12. The van der Waals surface area contributed by atoms with Crippen LogP contribution in [0.5, 0.6) is 0 Å². The zero-order chi connectivity index (χ0) is 43.6. The monoisotopic (exact) mass is 785 g/mol. The fraction of sp³-hybridized carbons (Fsp3) is 0.586. The average molecular weight is 785 g/mol. The molecule has 0 aliphatic heterocycles. The summed E-state index contributed by atoms with van der Waals surface area (Å²) in [5, 5.41) is 0. The normalized spacial score (nSPS) is 15.8. The molecule has 0 amide bonds. The number of benzene rings is 2. The average Bonchev–Trinajstić information content (AvgIpc) is 3.70. The van der Waals surface area contributed by atoms with Gasteiger partial charge in [0.1, 0.15) is 0 Å². The van der Waals surface area contributed by atoms with Crippen molar-refractivity contribution in [3.05, 3.63) is 141 Å². The third kappa shape index (κ3) is 14.0. The highest BCUT2D eigenvalue weighted by Crippen LogP contribution is 2.53. The van der Waals surface area contributed by atoms with Gasteiger partial charge >= 0.3 is 0 Å². The Morgan fingerprint density at radius 1 is 0.741 bits per heavy atom. The van der Waals surface area contributed by atoms with Crippen molar-refractivity contribution in [3.8, 4) is 0 Å². The highest BCUT2D eigenvalue weighted by molar-refractivity contribution is 5.64. The molecule has 0 fully saturated rings. The Morgan fingerprint density at radius 3 is 1.81 bits per heavy atom. The molecular formula is C58H88. The highest BCUT2D eigenvalue weighted by atomic mass is 14.5. The van der Waals surface area contributed by atoms with Gasteiger partial charge in [0, 0.05) is 5.41 Å². The quantitative estimate of drug-likeness (QED) is 0.0778. The Balaban J connectivity index is 1.76. The van der Waals surface area contributed by atoms with E-state index < -0.39 is 0 Å². The van der Waals surface area contributed by atoms with Crippen LogP contribution >= 0.6 is 0 Å². The van der Waals surface area contributed by atoms with Crippen molar-refractivity contribution in [1.82, 2.24) is 0 Å². The number of hydrogen-bond acceptors (Lipinski definition) is 0. The van der Waals surface area contributed by atoms with Crippen molar-refractivity contribution in [1.29, 1.82) is 0 Å². The van der Waals surface area contributed by atoms with Gasteiger partial charge in [-0.2, -0.15) is 0 Å². The maximum Gasteiger partial charge on any atom is 0.0155 e. The predicted octanol–water partition coefficient (Wildman–Crippen LogP) is 18.0. The van der Waals surface area contributed by atoms with E-state index in [0.29, 0.717) is 11.8 Å². The molecule has 0 heteroatoms. The van der Waals surface area contributed by atoms with Crippen molar-refractivity contribution in [2.45, 2.75) is 204 Å². The highest BCUT2D eigenvalue weighted by Gasteiger charge is 2.44. The molecule has 0 heterocycles. The summed E-state index contributed by atoms with van der Waals surface area (Å²) in [6.07, 6.45) is 21.7. The number of aryl methyl sites for hydroxylation is 2. The first-order chi connectivity index (χ1) is 27.0. The SMILES string of the molecule is C=C(C/C=C/C(=C(C)/C(=C\C)C(C)C)C(C)(C)C)CCC(CCC)(CCC(=C)CCc1cccc(C(C)(C)C)c1)CCC(=C)CCc1cc(C(C)C)c2c(c1)C2(C)C. The van der Waals surface area contributed by atoms with Crippen LogP contribution in [0.3, 0.4) is 0 Å². The summed E-state index contributed by atoms with van der Waals surface area (Å²) >= 11 is 0. The maximum absolute atomic E-state index is 4.70. The molecule has 0 radical (unpaired) electrons. The van der Waals surface area contributed by atoms with Gasteiger partial charge in [-0.3, -0.25) is 0 Å². The number of rotatable bonds is 23. The minimum atomic E-state index is 0.0801. The van der Waals surface area contributed by atoms with Crippen LogP contribution in [0.15, 0.2) is 108 Å². The van der Waals surface area contributed by atoms with Crippen molar-refractivity contribution < 1.29 is 0 Å². The first kappa shape index (κ1) is 49.2. The van der Waals surface area contributed by atoms with Gasteiger partial charge in [-0.25, -0.2) is 0 Å². The predicted molar refractivity (Wildman–Crippen MR) is 261 cm³/mol. The first-order valence-electron chi connectivity index (χ1n) is 23.3. The van der Waals surface area contributed by atoms with E-state index in [1.54, 1.807) is 16.7 Å². The lowest BCUT2D eigenvalue weighted by Crippen LogP contribution is -2.22. The lowest BCUT2D eigenvalue weighted by Gasteiger charge is -2.35. The van der Waals surface area contributed by atoms with Gasteiger partial charge in [-0.15, -0.1) is 0 Å². The van der Waals surface area contributed by atoms with Gasteiger partial charge < -0.3 is 0 Å². The summed E-state index contributed by atoms with van der Waals surface area (Å²) in [5.74, 6) is 1.08. The zero-order valence-corrected chi connectivity index (χ0v) is 40.7. The van der Waals surface area contributed by atoms with E-state index in [1.807, 2.05) is 0 Å². The van der Waals surface area contributed by atoms with Crippen molar-refractivity contribution in [2.24, 2.45) is 16.7 Å². The van der Waals surface area contributed by atoms with E-state index in [-0.39, 0.29) is 21.7 Å². The first-order valence-corrected chi connectivity index (χ1v) is 23.3. The minimum Gasteiger partial charge on any atom is -0.0998 e. The van der Waals surface area contributed by atoms with Crippen LogP contribution in [0.1, 0.15) is 214 Å². The van der Waals surface area contributed by atoms with Gasteiger partial charge in [0.15, 0.2) is 0 Å². The molecule has 0 saturated carbocycles. The van der Waals surface area contributed by atoms with E-state index in [4.69, 9.17) is 6.58 Å². The molecule has 320 valence electrons. The molecule has 58 heavy (non-hydrogen) atoms. The Labute approximate surface area is 360 Å². The summed E-state index contributed by atoms with van der Waals surface area (Å²) in [6, 6.07) is 14.2. The third-order valence-electron chi connectivity index (χ3n) is 13.5. The molecule has 1 unspecified atom stereocenters.